The molecule has 1 aromatic rings. The fraction of sp³-hybridized carbons (Fsp3) is 0.400. The normalized spacial score (nSPS) is 15.0. The highest BCUT2D eigenvalue weighted by Crippen LogP contribution is 2.28. The number of aromatic nitrogens is 1. The molecule has 1 saturated carbocycles. The Morgan fingerprint density at radius 1 is 1.40 bits per heavy atom. The number of carbonyl (C=O) groups excluding carboxylic acids is 1. The fourth-order valence-electron chi connectivity index (χ4n) is 2.07. The number of pyridine rings is 1. The average Bonchev–Trinajstić information content (AvgIpc) is 2.39. The quantitative estimate of drug-likeness (QED) is 0.779. The van der Waals surface area contributed by atoms with Crippen molar-refractivity contribution in [3.63, 3.8) is 0 Å². The van der Waals surface area contributed by atoms with Crippen LogP contribution in [0.1, 0.15) is 41.7 Å². The number of nitrogens with zero attached hydrogens (tertiary/aromatic N) is 1. The second kappa shape index (κ2) is 6.84. The SMILES string of the molecule is O=C(O)/C=C/c1ccc(C(=O)NCCC2CCC2)nc1. The lowest BCUT2D eigenvalue weighted by Gasteiger charge is -2.25. The monoisotopic (exact) mass is 274 g/mol. The first-order chi connectivity index (χ1) is 9.65. The Labute approximate surface area is 117 Å². The molecule has 5 nitrogen and oxygen atoms in total. The van der Waals surface area contributed by atoms with Crippen molar-refractivity contribution in [3.05, 3.63) is 35.7 Å². The average molecular weight is 274 g/mol. The van der Waals surface area contributed by atoms with E-state index in [9.17, 15) is 9.59 Å². The Morgan fingerprint density at radius 3 is 2.75 bits per heavy atom. The molecule has 1 amide bonds. The van der Waals surface area contributed by atoms with Gasteiger partial charge in [0.05, 0.1) is 0 Å². The van der Waals surface area contributed by atoms with Crippen molar-refractivity contribution in [1.29, 1.82) is 0 Å². The minimum atomic E-state index is -1.01. The predicted molar refractivity (Wildman–Crippen MR) is 75.2 cm³/mol. The van der Waals surface area contributed by atoms with Crippen LogP contribution in [0.25, 0.3) is 6.08 Å². The lowest BCUT2D eigenvalue weighted by molar-refractivity contribution is -0.131. The molecule has 0 aliphatic heterocycles. The summed E-state index contributed by atoms with van der Waals surface area (Å²) in [5.41, 5.74) is 1.00. The third-order valence-corrected chi connectivity index (χ3v) is 3.50. The highest BCUT2D eigenvalue weighted by Gasteiger charge is 2.17. The van der Waals surface area contributed by atoms with Crippen LogP contribution in [0.15, 0.2) is 24.4 Å². The van der Waals surface area contributed by atoms with Gasteiger partial charge in [0.2, 0.25) is 0 Å². The van der Waals surface area contributed by atoms with Gasteiger partial charge < -0.3 is 10.4 Å². The van der Waals surface area contributed by atoms with Crippen LogP contribution in [0.2, 0.25) is 0 Å². The highest BCUT2D eigenvalue weighted by molar-refractivity contribution is 5.92. The van der Waals surface area contributed by atoms with Crippen LogP contribution in [0, 0.1) is 5.92 Å². The van der Waals surface area contributed by atoms with Crippen LogP contribution in [0.4, 0.5) is 0 Å². The summed E-state index contributed by atoms with van der Waals surface area (Å²) in [6.07, 6.45) is 8.86. The summed E-state index contributed by atoms with van der Waals surface area (Å²) in [5.74, 6) is -0.423. The lowest BCUT2D eigenvalue weighted by atomic mass is 9.83. The number of amides is 1. The lowest BCUT2D eigenvalue weighted by Crippen LogP contribution is -2.28. The molecule has 0 aromatic carbocycles. The highest BCUT2D eigenvalue weighted by atomic mass is 16.4. The van der Waals surface area contributed by atoms with Gasteiger partial charge in [-0.3, -0.25) is 9.78 Å². The number of aliphatic carboxylic acids is 1. The predicted octanol–water partition coefficient (Wildman–Crippen LogP) is 2.10. The number of carboxylic acid groups (broad SMARTS) is 1. The number of hydrogen-bond acceptors (Lipinski definition) is 3. The Balaban J connectivity index is 1.81. The van der Waals surface area contributed by atoms with Gasteiger partial charge in [-0.2, -0.15) is 0 Å². The summed E-state index contributed by atoms with van der Waals surface area (Å²) in [7, 11) is 0. The van der Waals surface area contributed by atoms with E-state index in [0.717, 1.165) is 18.4 Å². The number of carboxylic acids is 1. The maximum Gasteiger partial charge on any atom is 0.328 e. The van der Waals surface area contributed by atoms with Gasteiger partial charge in [0.15, 0.2) is 0 Å². The number of rotatable bonds is 6. The van der Waals surface area contributed by atoms with Crippen LogP contribution in [-0.2, 0) is 4.79 Å². The standard InChI is InChI=1S/C15H18N2O3/c18-14(19)7-5-12-4-6-13(17-10-12)15(20)16-9-8-11-2-1-3-11/h4-7,10-11H,1-3,8-9H2,(H,16,20)(H,18,19)/b7-5+. The molecule has 0 unspecified atom stereocenters. The first kappa shape index (κ1) is 14.2. The van der Waals surface area contributed by atoms with Crippen LogP contribution in [-0.4, -0.2) is 28.5 Å². The van der Waals surface area contributed by atoms with Crippen molar-refractivity contribution in [2.24, 2.45) is 5.92 Å². The van der Waals surface area contributed by atoms with Crippen LogP contribution in [0.3, 0.4) is 0 Å². The van der Waals surface area contributed by atoms with Gasteiger partial charge in [-0.05, 0) is 30.0 Å². The van der Waals surface area contributed by atoms with E-state index in [2.05, 4.69) is 10.3 Å². The molecule has 0 saturated heterocycles. The van der Waals surface area contributed by atoms with Crippen LogP contribution < -0.4 is 5.32 Å². The third-order valence-electron chi connectivity index (χ3n) is 3.50. The van der Waals surface area contributed by atoms with E-state index in [0.29, 0.717) is 17.8 Å². The largest absolute Gasteiger partial charge is 0.478 e. The molecule has 5 heteroatoms. The first-order valence-corrected chi connectivity index (χ1v) is 6.80. The second-order valence-corrected chi connectivity index (χ2v) is 4.99. The smallest absolute Gasteiger partial charge is 0.328 e. The summed E-state index contributed by atoms with van der Waals surface area (Å²) in [5, 5.41) is 11.4. The van der Waals surface area contributed by atoms with Gasteiger partial charge in [0, 0.05) is 18.8 Å². The summed E-state index contributed by atoms with van der Waals surface area (Å²) in [6, 6.07) is 3.27. The van der Waals surface area contributed by atoms with Gasteiger partial charge in [-0.15, -0.1) is 0 Å². The van der Waals surface area contributed by atoms with E-state index < -0.39 is 5.97 Å². The summed E-state index contributed by atoms with van der Waals surface area (Å²) in [6.45, 7) is 0.686. The molecule has 20 heavy (non-hydrogen) atoms. The van der Waals surface area contributed by atoms with E-state index >= 15 is 0 Å². The molecule has 1 heterocycles. The van der Waals surface area contributed by atoms with E-state index in [1.165, 1.54) is 31.5 Å². The topological polar surface area (TPSA) is 79.3 Å². The molecular formula is C15H18N2O3. The third kappa shape index (κ3) is 4.19. The molecule has 1 fully saturated rings. The molecule has 106 valence electrons. The summed E-state index contributed by atoms with van der Waals surface area (Å²) in [4.78, 5) is 26.2. The van der Waals surface area contributed by atoms with Gasteiger partial charge in [0.25, 0.3) is 5.91 Å². The second-order valence-electron chi connectivity index (χ2n) is 4.99. The zero-order chi connectivity index (χ0) is 14.4. The molecule has 1 aliphatic rings. The molecule has 2 N–H and O–H groups in total. The molecule has 2 rings (SSSR count). The van der Waals surface area contributed by atoms with Gasteiger partial charge >= 0.3 is 5.97 Å². The van der Waals surface area contributed by atoms with E-state index in [-0.39, 0.29) is 5.91 Å². The minimum absolute atomic E-state index is 0.182. The van der Waals surface area contributed by atoms with E-state index in [1.807, 2.05) is 0 Å². The van der Waals surface area contributed by atoms with Gasteiger partial charge in [-0.1, -0.05) is 25.3 Å². The molecule has 1 aliphatic carbocycles. The summed E-state index contributed by atoms with van der Waals surface area (Å²) < 4.78 is 0. The summed E-state index contributed by atoms with van der Waals surface area (Å²) >= 11 is 0. The molecule has 0 radical (unpaired) electrons. The van der Waals surface area contributed by atoms with Crippen molar-refractivity contribution in [2.75, 3.05) is 6.54 Å². The van der Waals surface area contributed by atoms with Crippen molar-refractivity contribution in [1.82, 2.24) is 10.3 Å². The Morgan fingerprint density at radius 2 is 2.20 bits per heavy atom. The maximum atomic E-state index is 11.8. The molecule has 0 spiro atoms. The number of nitrogens with one attached hydrogen (secondary N) is 1. The number of hydrogen-bond donors (Lipinski definition) is 2. The van der Waals surface area contributed by atoms with E-state index in [4.69, 9.17) is 5.11 Å². The Hall–Kier alpha value is -2.17. The van der Waals surface area contributed by atoms with Crippen molar-refractivity contribution in [2.45, 2.75) is 25.7 Å². The van der Waals surface area contributed by atoms with Gasteiger partial charge in [-0.25, -0.2) is 4.79 Å². The Bertz CT molecular complexity index is 504. The Kier molecular flexibility index (Phi) is 4.87. The number of carbonyl (C=O) groups is 2. The van der Waals surface area contributed by atoms with E-state index in [1.54, 1.807) is 12.1 Å². The van der Waals surface area contributed by atoms with Crippen molar-refractivity contribution >= 4 is 18.0 Å². The van der Waals surface area contributed by atoms with Crippen LogP contribution >= 0.6 is 0 Å². The van der Waals surface area contributed by atoms with Gasteiger partial charge in [0.1, 0.15) is 5.69 Å². The minimum Gasteiger partial charge on any atom is -0.478 e. The molecule has 0 atom stereocenters. The molecular weight excluding hydrogens is 256 g/mol. The zero-order valence-corrected chi connectivity index (χ0v) is 11.2. The zero-order valence-electron chi connectivity index (χ0n) is 11.2. The fourth-order valence-corrected chi connectivity index (χ4v) is 2.07. The molecule has 0 bridgehead atoms. The first-order valence-electron chi connectivity index (χ1n) is 6.80. The van der Waals surface area contributed by atoms with Crippen molar-refractivity contribution in [3.8, 4) is 0 Å². The molecule has 1 aromatic heterocycles. The van der Waals surface area contributed by atoms with Crippen molar-refractivity contribution < 1.29 is 14.7 Å². The maximum absolute atomic E-state index is 11.8. The van der Waals surface area contributed by atoms with Crippen LogP contribution in [0.5, 0.6) is 0 Å².